The zero-order valence-corrected chi connectivity index (χ0v) is 11.2. The first-order chi connectivity index (χ1) is 8.25. The molecule has 1 aromatic carbocycles. The summed E-state index contributed by atoms with van der Waals surface area (Å²) in [7, 11) is 0. The Labute approximate surface area is 109 Å². The summed E-state index contributed by atoms with van der Waals surface area (Å²) in [4.78, 5) is 4.38. The Kier molecular flexibility index (Phi) is 2.67. The van der Waals surface area contributed by atoms with Crippen molar-refractivity contribution in [3.05, 3.63) is 40.6 Å². The number of halogens is 1. The number of benzene rings is 1. The minimum absolute atomic E-state index is 0.646. The van der Waals surface area contributed by atoms with Gasteiger partial charge in [0.25, 0.3) is 0 Å². The molecule has 0 radical (unpaired) electrons. The van der Waals surface area contributed by atoms with Gasteiger partial charge in [-0.1, -0.05) is 22.0 Å². The SMILES string of the molecule is Cc1c(Br)cccc1Nc1nccn1C1CC1. The van der Waals surface area contributed by atoms with Gasteiger partial charge in [-0.15, -0.1) is 0 Å². The van der Waals surface area contributed by atoms with Gasteiger partial charge in [0, 0.05) is 28.6 Å². The summed E-state index contributed by atoms with van der Waals surface area (Å²) in [5.41, 5.74) is 2.31. The molecule has 1 aliphatic rings. The molecule has 3 rings (SSSR count). The number of anilines is 2. The van der Waals surface area contributed by atoms with Gasteiger partial charge in [0.15, 0.2) is 0 Å². The van der Waals surface area contributed by atoms with E-state index in [4.69, 9.17) is 0 Å². The van der Waals surface area contributed by atoms with Crippen LogP contribution in [-0.2, 0) is 0 Å². The molecule has 4 heteroatoms. The molecule has 0 amide bonds. The molecular formula is C13H14BrN3. The second-order valence-electron chi connectivity index (χ2n) is 4.43. The molecule has 1 heterocycles. The Hall–Kier alpha value is -1.29. The van der Waals surface area contributed by atoms with Crippen molar-refractivity contribution < 1.29 is 0 Å². The molecule has 3 nitrogen and oxygen atoms in total. The van der Waals surface area contributed by atoms with Gasteiger partial charge in [0.1, 0.15) is 0 Å². The molecule has 1 N–H and O–H groups in total. The number of imidazole rings is 1. The van der Waals surface area contributed by atoms with Crippen LogP contribution in [0.25, 0.3) is 0 Å². The molecule has 1 saturated carbocycles. The highest BCUT2D eigenvalue weighted by Crippen LogP contribution is 2.37. The van der Waals surface area contributed by atoms with Crippen LogP contribution in [0, 0.1) is 6.92 Å². The van der Waals surface area contributed by atoms with Crippen LogP contribution in [-0.4, -0.2) is 9.55 Å². The molecule has 0 bridgehead atoms. The quantitative estimate of drug-likeness (QED) is 0.925. The normalized spacial score (nSPS) is 14.9. The fraction of sp³-hybridized carbons (Fsp3) is 0.308. The number of hydrogen-bond donors (Lipinski definition) is 1. The Morgan fingerprint density at radius 2 is 2.24 bits per heavy atom. The van der Waals surface area contributed by atoms with Crippen molar-refractivity contribution in [2.45, 2.75) is 25.8 Å². The maximum Gasteiger partial charge on any atom is 0.207 e. The molecule has 0 saturated heterocycles. The molecule has 2 aromatic rings. The Morgan fingerprint density at radius 3 is 3.00 bits per heavy atom. The van der Waals surface area contributed by atoms with Gasteiger partial charge < -0.3 is 9.88 Å². The van der Waals surface area contributed by atoms with Crippen molar-refractivity contribution in [3.63, 3.8) is 0 Å². The van der Waals surface area contributed by atoms with E-state index < -0.39 is 0 Å². The zero-order valence-electron chi connectivity index (χ0n) is 9.65. The fourth-order valence-corrected chi connectivity index (χ4v) is 2.29. The number of nitrogens with one attached hydrogen (secondary N) is 1. The van der Waals surface area contributed by atoms with Crippen LogP contribution >= 0.6 is 15.9 Å². The average Bonchev–Trinajstić information content (AvgIpc) is 3.06. The van der Waals surface area contributed by atoms with Crippen LogP contribution in [0.2, 0.25) is 0 Å². The van der Waals surface area contributed by atoms with Gasteiger partial charge in [0.2, 0.25) is 5.95 Å². The van der Waals surface area contributed by atoms with Crippen LogP contribution in [0.4, 0.5) is 11.6 Å². The van der Waals surface area contributed by atoms with E-state index in [1.54, 1.807) is 0 Å². The van der Waals surface area contributed by atoms with Crippen molar-refractivity contribution in [2.24, 2.45) is 0 Å². The molecule has 1 fully saturated rings. The van der Waals surface area contributed by atoms with Crippen LogP contribution < -0.4 is 5.32 Å². The van der Waals surface area contributed by atoms with Crippen molar-refractivity contribution >= 4 is 27.6 Å². The number of aromatic nitrogens is 2. The maximum absolute atomic E-state index is 4.38. The number of hydrogen-bond acceptors (Lipinski definition) is 2. The van der Waals surface area contributed by atoms with Crippen molar-refractivity contribution in [1.82, 2.24) is 9.55 Å². The number of nitrogens with zero attached hydrogens (tertiary/aromatic N) is 2. The third-order valence-corrected chi connectivity index (χ3v) is 3.98. The van der Waals surface area contributed by atoms with Crippen molar-refractivity contribution in [1.29, 1.82) is 0 Å². The van der Waals surface area contributed by atoms with Gasteiger partial charge >= 0.3 is 0 Å². The highest BCUT2D eigenvalue weighted by Gasteiger charge is 2.25. The molecule has 0 atom stereocenters. The van der Waals surface area contributed by atoms with E-state index in [1.165, 1.54) is 18.4 Å². The second-order valence-corrected chi connectivity index (χ2v) is 5.28. The summed E-state index contributed by atoms with van der Waals surface area (Å²) in [5, 5.41) is 3.40. The van der Waals surface area contributed by atoms with Gasteiger partial charge in [-0.05, 0) is 37.5 Å². The van der Waals surface area contributed by atoms with Crippen LogP contribution in [0.3, 0.4) is 0 Å². The summed E-state index contributed by atoms with van der Waals surface area (Å²) < 4.78 is 3.34. The number of rotatable bonds is 3. The van der Waals surface area contributed by atoms with E-state index in [2.05, 4.69) is 43.8 Å². The molecule has 1 aromatic heterocycles. The standard InChI is InChI=1S/C13H14BrN3/c1-9-11(14)3-2-4-12(9)16-13-15-7-8-17(13)10-5-6-10/h2-4,7-8,10H,5-6H2,1H3,(H,15,16). The van der Waals surface area contributed by atoms with Crippen LogP contribution in [0.5, 0.6) is 0 Å². The summed E-state index contributed by atoms with van der Waals surface area (Å²) >= 11 is 3.54. The summed E-state index contributed by atoms with van der Waals surface area (Å²) in [5.74, 6) is 0.939. The lowest BCUT2D eigenvalue weighted by Crippen LogP contribution is -2.02. The van der Waals surface area contributed by atoms with E-state index >= 15 is 0 Å². The molecule has 88 valence electrons. The highest BCUT2D eigenvalue weighted by atomic mass is 79.9. The molecule has 0 spiro atoms. The summed E-state index contributed by atoms with van der Waals surface area (Å²) in [6.45, 7) is 2.09. The predicted octanol–water partition coefficient (Wildman–Crippen LogP) is 4.03. The van der Waals surface area contributed by atoms with Gasteiger partial charge in [-0.25, -0.2) is 4.98 Å². The lowest BCUT2D eigenvalue weighted by atomic mass is 10.2. The van der Waals surface area contributed by atoms with Crippen LogP contribution in [0.1, 0.15) is 24.4 Å². The predicted molar refractivity (Wildman–Crippen MR) is 72.7 cm³/mol. The first-order valence-corrected chi connectivity index (χ1v) is 6.60. The lowest BCUT2D eigenvalue weighted by Gasteiger charge is -2.11. The van der Waals surface area contributed by atoms with E-state index in [-0.39, 0.29) is 0 Å². The molecule has 17 heavy (non-hydrogen) atoms. The Bertz CT molecular complexity index is 543. The minimum Gasteiger partial charge on any atom is -0.325 e. The van der Waals surface area contributed by atoms with Gasteiger partial charge in [-0.2, -0.15) is 0 Å². The summed E-state index contributed by atoms with van der Waals surface area (Å²) in [6, 6.07) is 6.80. The zero-order chi connectivity index (χ0) is 11.8. The first kappa shape index (κ1) is 10.8. The maximum atomic E-state index is 4.38. The van der Waals surface area contributed by atoms with Crippen molar-refractivity contribution in [3.8, 4) is 0 Å². The third-order valence-electron chi connectivity index (χ3n) is 3.12. The average molecular weight is 292 g/mol. The van der Waals surface area contributed by atoms with Crippen molar-refractivity contribution in [2.75, 3.05) is 5.32 Å². The molecular weight excluding hydrogens is 278 g/mol. The molecule has 0 unspecified atom stereocenters. The highest BCUT2D eigenvalue weighted by molar-refractivity contribution is 9.10. The Balaban J connectivity index is 1.91. The second kappa shape index (κ2) is 4.18. The lowest BCUT2D eigenvalue weighted by molar-refractivity contribution is 0.751. The summed E-state index contributed by atoms with van der Waals surface area (Å²) in [6.07, 6.45) is 6.44. The smallest absolute Gasteiger partial charge is 0.207 e. The first-order valence-electron chi connectivity index (χ1n) is 5.80. The minimum atomic E-state index is 0.646. The topological polar surface area (TPSA) is 29.9 Å². The van der Waals surface area contributed by atoms with Gasteiger partial charge in [-0.3, -0.25) is 0 Å². The molecule has 1 aliphatic carbocycles. The molecule has 0 aliphatic heterocycles. The van der Waals surface area contributed by atoms with E-state index in [0.717, 1.165) is 16.1 Å². The largest absolute Gasteiger partial charge is 0.325 e. The van der Waals surface area contributed by atoms with E-state index in [9.17, 15) is 0 Å². The van der Waals surface area contributed by atoms with Crippen LogP contribution in [0.15, 0.2) is 35.1 Å². The van der Waals surface area contributed by atoms with E-state index in [1.807, 2.05) is 24.5 Å². The third kappa shape index (κ3) is 2.09. The van der Waals surface area contributed by atoms with E-state index in [0.29, 0.717) is 6.04 Å². The fourth-order valence-electron chi connectivity index (χ4n) is 1.92. The van der Waals surface area contributed by atoms with Gasteiger partial charge in [0.05, 0.1) is 0 Å². The Morgan fingerprint density at radius 1 is 1.41 bits per heavy atom. The monoisotopic (exact) mass is 291 g/mol.